The van der Waals surface area contributed by atoms with E-state index in [2.05, 4.69) is 5.32 Å². The van der Waals surface area contributed by atoms with Crippen molar-refractivity contribution < 1.29 is 23.0 Å². The summed E-state index contributed by atoms with van der Waals surface area (Å²) in [4.78, 5) is 12.8. The van der Waals surface area contributed by atoms with Crippen LogP contribution in [0.5, 0.6) is 5.75 Å². The fraction of sp³-hybridized carbons (Fsp3) is 0.391. The van der Waals surface area contributed by atoms with E-state index in [4.69, 9.17) is 20.6 Å². The Kier molecular flexibility index (Phi) is 9.41. The zero-order valence-electron chi connectivity index (χ0n) is 17.8. The summed E-state index contributed by atoms with van der Waals surface area (Å²) < 4.78 is 40.6. The highest BCUT2D eigenvalue weighted by Crippen LogP contribution is 2.32. The first-order valence-corrected chi connectivity index (χ1v) is 10.3. The molecule has 6 nitrogen and oxygen atoms in total. The minimum Gasteiger partial charge on any atom is -0.490 e. The first-order chi connectivity index (χ1) is 14.9. The average Bonchev–Trinajstić information content (AvgIpc) is 2.72. The van der Waals surface area contributed by atoms with E-state index >= 15 is 4.39 Å². The van der Waals surface area contributed by atoms with Gasteiger partial charge in [0.25, 0.3) is 5.91 Å². The second-order valence-electron chi connectivity index (χ2n) is 7.54. The predicted molar refractivity (Wildman–Crippen MR) is 120 cm³/mol. The number of ether oxygens (including phenoxy) is 2. The summed E-state index contributed by atoms with van der Waals surface area (Å²) in [5.74, 6) is -2.20. The largest absolute Gasteiger partial charge is 0.490 e. The number of amidine groups is 1. The maximum Gasteiger partial charge on any atom is 0.254 e. The molecule has 1 atom stereocenters. The standard InChI is InChI=1S/C23H27F2N3O3.ClH/c1-2-30-21(23(29)28-12-14-6-8-16(9-7-14)22(26)27)19-17(24)10-11-18(20(19)25)31-13-15-4-3-5-15;/h6-11,15,21H,2-5,12-13H2,1H3,(H3,26,27)(H,28,29);1H/t21-;/m0./s1. The highest BCUT2D eigenvalue weighted by molar-refractivity contribution is 5.94. The van der Waals surface area contributed by atoms with Gasteiger partial charge in [-0.3, -0.25) is 10.2 Å². The zero-order chi connectivity index (χ0) is 22.4. The molecule has 0 unspecified atom stereocenters. The fourth-order valence-electron chi connectivity index (χ4n) is 3.31. The van der Waals surface area contributed by atoms with Crippen molar-refractivity contribution in [2.45, 2.75) is 38.8 Å². The summed E-state index contributed by atoms with van der Waals surface area (Å²) in [5, 5.41) is 10.1. The predicted octanol–water partition coefficient (Wildman–Crippen LogP) is 4.24. The molecule has 1 fully saturated rings. The normalized spacial score (nSPS) is 14.1. The van der Waals surface area contributed by atoms with Crippen LogP contribution in [0.2, 0.25) is 0 Å². The molecule has 32 heavy (non-hydrogen) atoms. The molecule has 1 amide bonds. The van der Waals surface area contributed by atoms with Gasteiger partial charge in [0.05, 0.1) is 12.2 Å². The van der Waals surface area contributed by atoms with Crippen molar-refractivity contribution in [1.29, 1.82) is 5.41 Å². The van der Waals surface area contributed by atoms with Crippen LogP contribution in [0, 0.1) is 23.0 Å². The Hall–Kier alpha value is -2.71. The van der Waals surface area contributed by atoms with E-state index in [1.54, 1.807) is 31.2 Å². The number of carbonyl (C=O) groups excluding carboxylic acids is 1. The fourth-order valence-corrected chi connectivity index (χ4v) is 3.31. The molecule has 1 saturated carbocycles. The number of amides is 1. The van der Waals surface area contributed by atoms with Crippen LogP contribution in [0.3, 0.4) is 0 Å². The molecule has 9 heteroatoms. The number of nitrogens with one attached hydrogen (secondary N) is 2. The van der Waals surface area contributed by atoms with Crippen molar-refractivity contribution in [2.24, 2.45) is 11.7 Å². The highest BCUT2D eigenvalue weighted by Gasteiger charge is 2.30. The molecular weight excluding hydrogens is 440 g/mol. The van der Waals surface area contributed by atoms with Gasteiger partial charge in [0, 0.05) is 18.7 Å². The Labute approximate surface area is 192 Å². The molecule has 1 aliphatic carbocycles. The van der Waals surface area contributed by atoms with Crippen molar-refractivity contribution in [3.8, 4) is 5.75 Å². The van der Waals surface area contributed by atoms with E-state index in [0.29, 0.717) is 18.1 Å². The molecule has 174 valence electrons. The van der Waals surface area contributed by atoms with Crippen LogP contribution < -0.4 is 15.8 Å². The van der Waals surface area contributed by atoms with E-state index in [0.717, 1.165) is 30.9 Å². The Morgan fingerprint density at radius 1 is 1.22 bits per heavy atom. The molecule has 0 aromatic heterocycles. The van der Waals surface area contributed by atoms with Crippen LogP contribution in [0.25, 0.3) is 0 Å². The van der Waals surface area contributed by atoms with Gasteiger partial charge in [0.15, 0.2) is 17.7 Å². The molecule has 2 aromatic carbocycles. The molecular formula is C23H28ClF2N3O3. The number of carbonyl (C=O) groups is 1. The summed E-state index contributed by atoms with van der Waals surface area (Å²) in [6.07, 6.45) is 1.75. The smallest absolute Gasteiger partial charge is 0.254 e. The lowest BCUT2D eigenvalue weighted by molar-refractivity contribution is -0.133. The maximum absolute atomic E-state index is 15.1. The summed E-state index contributed by atoms with van der Waals surface area (Å²) in [6.45, 7) is 2.23. The Balaban J connectivity index is 0.00000363. The van der Waals surface area contributed by atoms with E-state index < -0.39 is 29.2 Å². The SMILES string of the molecule is CCO[C@H](C(=O)NCc1ccc(C(=N)N)cc1)c1c(F)ccc(OCC2CCC2)c1F.Cl. The van der Waals surface area contributed by atoms with Gasteiger partial charge in [-0.2, -0.15) is 0 Å². The molecule has 0 heterocycles. The Bertz CT molecular complexity index is 937. The number of nitrogens with two attached hydrogens (primary N) is 1. The molecule has 0 spiro atoms. The van der Waals surface area contributed by atoms with Crippen LogP contribution in [0.1, 0.15) is 49.0 Å². The average molecular weight is 468 g/mol. The lowest BCUT2D eigenvalue weighted by atomic mass is 9.86. The van der Waals surface area contributed by atoms with Crippen molar-refractivity contribution >= 4 is 24.1 Å². The number of hydrogen-bond donors (Lipinski definition) is 3. The van der Waals surface area contributed by atoms with Crippen molar-refractivity contribution in [3.63, 3.8) is 0 Å². The molecule has 4 N–H and O–H groups in total. The Morgan fingerprint density at radius 2 is 1.91 bits per heavy atom. The van der Waals surface area contributed by atoms with E-state index in [-0.39, 0.29) is 37.1 Å². The summed E-state index contributed by atoms with van der Waals surface area (Å²) in [7, 11) is 0. The third-order valence-corrected chi connectivity index (χ3v) is 5.36. The van der Waals surface area contributed by atoms with E-state index in [1.165, 1.54) is 6.07 Å². The van der Waals surface area contributed by atoms with Crippen molar-refractivity contribution in [3.05, 3.63) is 64.7 Å². The molecule has 0 radical (unpaired) electrons. The third-order valence-electron chi connectivity index (χ3n) is 5.36. The number of benzene rings is 2. The van der Waals surface area contributed by atoms with Crippen LogP contribution in [0.15, 0.2) is 36.4 Å². The van der Waals surface area contributed by atoms with Gasteiger partial charge < -0.3 is 20.5 Å². The minimum absolute atomic E-state index is 0. The summed E-state index contributed by atoms with van der Waals surface area (Å²) in [5.41, 5.74) is 6.27. The first kappa shape index (κ1) is 25.5. The summed E-state index contributed by atoms with van der Waals surface area (Å²) in [6, 6.07) is 9.07. The molecule has 1 aliphatic rings. The van der Waals surface area contributed by atoms with Crippen LogP contribution in [0.4, 0.5) is 8.78 Å². The topological polar surface area (TPSA) is 97.4 Å². The molecule has 0 bridgehead atoms. The monoisotopic (exact) mass is 467 g/mol. The van der Waals surface area contributed by atoms with Crippen LogP contribution in [-0.4, -0.2) is 25.0 Å². The maximum atomic E-state index is 15.1. The van der Waals surface area contributed by atoms with Gasteiger partial charge in [-0.1, -0.05) is 30.7 Å². The van der Waals surface area contributed by atoms with Crippen molar-refractivity contribution in [1.82, 2.24) is 5.32 Å². The Morgan fingerprint density at radius 3 is 2.47 bits per heavy atom. The molecule has 0 saturated heterocycles. The number of rotatable bonds is 10. The first-order valence-electron chi connectivity index (χ1n) is 10.3. The highest BCUT2D eigenvalue weighted by atomic mass is 35.5. The van der Waals surface area contributed by atoms with Gasteiger partial charge in [-0.15, -0.1) is 12.4 Å². The molecule has 3 rings (SSSR count). The summed E-state index contributed by atoms with van der Waals surface area (Å²) >= 11 is 0. The van der Waals surface area contributed by atoms with Gasteiger partial charge in [0.1, 0.15) is 11.7 Å². The van der Waals surface area contributed by atoms with Crippen LogP contribution in [-0.2, 0) is 16.1 Å². The second-order valence-corrected chi connectivity index (χ2v) is 7.54. The number of halogens is 3. The minimum atomic E-state index is -1.45. The quantitative estimate of drug-likeness (QED) is 0.359. The number of nitrogen functional groups attached to an aromatic ring is 1. The number of hydrogen-bond acceptors (Lipinski definition) is 4. The van der Waals surface area contributed by atoms with Gasteiger partial charge in [-0.25, -0.2) is 8.78 Å². The van der Waals surface area contributed by atoms with Crippen molar-refractivity contribution in [2.75, 3.05) is 13.2 Å². The zero-order valence-corrected chi connectivity index (χ0v) is 18.6. The third kappa shape index (κ3) is 6.17. The van der Waals surface area contributed by atoms with E-state index in [9.17, 15) is 9.18 Å². The molecule has 2 aromatic rings. The van der Waals surface area contributed by atoms with Crippen LogP contribution >= 0.6 is 12.4 Å². The van der Waals surface area contributed by atoms with Gasteiger partial charge >= 0.3 is 0 Å². The lowest BCUT2D eigenvalue weighted by Gasteiger charge is -2.25. The van der Waals surface area contributed by atoms with Gasteiger partial charge in [0.2, 0.25) is 0 Å². The molecule has 0 aliphatic heterocycles. The lowest BCUT2D eigenvalue weighted by Crippen LogP contribution is -2.32. The second kappa shape index (κ2) is 11.8. The van der Waals surface area contributed by atoms with E-state index in [1.807, 2.05) is 0 Å². The van der Waals surface area contributed by atoms with Gasteiger partial charge in [-0.05, 0) is 43.4 Å².